The number of aromatic amines is 1. The second kappa shape index (κ2) is 13.8. The number of hydrogen-bond donors (Lipinski definition) is 1. The summed E-state index contributed by atoms with van der Waals surface area (Å²) in [6.45, 7) is 3.67. The average molecular weight is 309 g/mol. The van der Waals surface area contributed by atoms with Crippen molar-refractivity contribution in [1.82, 2.24) is 9.97 Å². The van der Waals surface area contributed by atoms with Crippen LogP contribution in [0.1, 0.15) is 19.3 Å². The van der Waals surface area contributed by atoms with Gasteiger partial charge in [-0.2, -0.15) is 0 Å². The van der Waals surface area contributed by atoms with Crippen LogP contribution in [0.2, 0.25) is 6.04 Å². The molecule has 5 nitrogen and oxygen atoms in total. The van der Waals surface area contributed by atoms with Crippen LogP contribution in [0.3, 0.4) is 0 Å². The van der Waals surface area contributed by atoms with Gasteiger partial charge in [0.15, 0.2) is 0 Å². The number of imidazole rings is 1. The molecular formula is C12H25ClN2O3Si. The van der Waals surface area contributed by atoms with Crippen LogP contribution in [0.15, 0.2) is 31.4 Å². The van der Waals surface area contributed by atoms with Crippen LogP contribution in [-0.2, 0) is 13.3 Å². The van der Waals surface area contributed by atoms with Crippen molar-refractivity contribution in [1.29, 1.82) is 0 Å². The summed E-state index contributed by atoms with van der Waals surface area (Å²) in [5.74, 6) is 0. The lowest BCUT2D eigenvalue weighted by atomic mass is 10.2. The second-order valence-electron chi connectivity index (χ2n) is 3.59. The fourth-order valence-corrected chi connectivity index (χ4v) is 3.20. The van der Waals surface area contributed by atoms with Gasteiger partial charge in [-0.15, -0.1) is 19.0 Å². The number of rotatable bonds is 8. The Balaban J connectivity index is 0. The molecule has 1 heterocycles. The molecule has 0 unspecified atom stereocenters. The Kier molecular flexibility index (Phi) is 15.0. The predicted octanol–water partition coefficient (Wildman–Crippen LogP) is 3.05. The van der Waals surface area contributed by atoms with Gasteiger partial charge in [0.05, 0.1) is 6.33 Å². The zero-order valence-corrected chi connectivity index (χ0v) is 13.7. The molecule has 0 aromatic carbocycles. The molecule has 1 N–H and O–H groups in total. The molecular weight excluding hydrogens is 284 g/mol. The molecule has 112 valence electrons. The van der Waals surface area contributed by atoms with Crippen LogP contribution < -0.4 is 0 Å². The normalized spacial score (nSPS) is 10.1. The maximum absolute atomic E-state index is 5.29. The van der Waals surface area contributed by atoms with Crippen molar-refractivity contribution in [3.05, 3.63) is 31.4 Å². The molecule has 0 spiro atoms. The van der Waals surface area contributed by atoms with Crippen molar-refractivity contribution in [2.45, 2.75) is 25.3 Å². The summed E-state index contributed by atoms with van der Waals surface area (Å²) in [6.07, 6.45) is 10.2. The van der Waals surface area contributed by atoms with Gasteiger partial charge in [-0.3, -0.25) is 0 Å². The van der Waals surface area contributed by atoms with Gasteiger partial charge >= 0.3 is 8.80 Å². The summed E-state index contributed by atoms with van der Waals surface area (Å²) in [4.78, 5) is 6.42. The van der Waals surface area contributed by atoms with E-state index in [0.29, 0.717) is 0 Å². The summed E-state index contributed by atoms with van der Waals surface area (Å²) in [7, 11) is 2.63. The highest BCUT2D eigenvalue weighted by Crippen LogP contribution is 2.16. The molecule has 0 aliphatic rings. The van der Waals surface area contributed by atoms with Crippen LogP contribution in [0.5, 0.6) is 0 Å². The molecule has 0 amide bonds. The third kappa shape index (κ3) is 9.86. The zero-order valence-electron chi connectivity index (χ0n) is 11.9. The lowest BCUT2D eigenvalue weighted by Gasteiger charge is -2.24. The summed E-state index contributed by atoms with van der Waals surface area (Å²) in [5.41, 5.74) is 0. The minimum absolute atomic E-state index is 0. The second-order valence-corrected chi connectivity index (χ2v) is 6.68. The van der Waals surface area contributed by atoms with Gasteiger partial charge in [-0.05, 0) is 19.3 Å². The number of H-pyrrole nitrogens is 1. The van der Waals surface area contributed by atoms with Crippen molar-refractivity contribution in [3.63, 3.8) is 0 Å². The van der Waals surface area contributed by atoms with Gasteiger partial charge < -0.3 is 18.3 Å². The minimum Gasteiger partial charge on any atom is -0.377 e. The highest BCUT2D eigenvalue weighted by molar-refractivity contribution is 6.60. The van der Waals surface area contributed by atoms with Crippen molar-refractivity contribution >= 4 is 21.2 Å². The van der Waals surface area contributed by atoms with E-state index in [2.05, 4.69) is 16.5 Å². The Labute approximate surface area is 123 Å². The van der Waals surface area contributed by atoms with Gasteiger partial charge in [-0.1, -0.05) is 6.08 Å². The smallest absolute Gasteiger partial charge is 0.377 e. The first kappa shape index (κ1) is 20.7. The van der Waals surface area contributed by atoms with E-state index in [1.54, 1.807) is 40.1 Å². The number of halogens is 1. The number of aromatic nitrogens is 2. The summed E-state index contributed by atoms with van der Waals surface area (Å²) < 4.78 is 15.9. The van der Waals surface area contributed by atoms with Gasteiger partial charge in [0.25, 0.3) is 0 Å². The fraction of sp³-hybridized carbons (Fsp3) is 0.583. The monoisotopic (exact) mass is 308 g/mol. The summed E-state index contributed by atoms with van der Waals surface area (Å²) in [6, 6.07) is 0.879. The maximum Gasteiger partial charge on any atom is 0.500 e. The standard InChI is InChI=1S/C9H20O3Si.C3H4N2.ClH/c1-5-6-7-8-9-13(10-2,11-3)12-4;1-2-5-3-4-1;/h5H,1,6-9H2,2-4H3;1-3H,(H,4,5);1H. The molecule has 0 saturated heterocycles. The van der Waals surface area contributed by atoms with E-state index in [-0.39, 0.29) is 12.4 Å². The molecule has 0 aliphatic heterocycles. The van der Waals surface area contributed by atoms with Gasteiger partial charge in [0.1, 0.15) is 0 Å². The third-order valence-corrected chi connectivity index (χ3v) is 5.31. The van der Waals surface area contributed by atoms with E-state index >= 15 is 0 Å². The van der Waals surface area contributed by atoms with E-state index in [1.807, 2.05) is 6.08 Å². The Morgan fingerprint density at radius 2 is 1.84 bits per heavy atom. The summed E-state index contributed by atoms with van der Waals surface area (Å²) in [5, 5.41) is 0. The first-order valence-corrected chi connectivity index (χ1v) is 7.87. The Morgan fingerprint density at radius 3 is 2.16 bits per heavy atom. The van der Waals surface area contributed by atoms with Gasteiger partial charge in [0.2, 0.25) is 0 Å². The van der Waals surface area contributed by atoms with Crippen LogP contribution in [0.25, 0.3) is 0 Å². The van der Waals surface area contributed by atoms with Crippen LogP contribution in [-0.4, -0.2) is 40.1 Å². The molecule has 0 saturated carbocycles. The minimum atomic E-state index is -2.30. The Hall–Kier alpha value is -0.663. The van der Waals surface area contributed by atoms with Crippen LogP contribution in [0.4, 0.5) is 0 Å². The van der Waals surface area contributed by atoms with E-state index in [4.69, 9.17) is 13.3 Å². The molecule has 19 heavy (non-hydrogen) atoms. The molecule has 0 atom stereocenters. The fourth-order valence-electron chi connectivity index (χ4n) is 1.40. The molecule has 1 aromatic rings. The number of unbranched alkanes of at least 4 members (excludes halogenated alkanes) is 2. The SMILES string of the molecule is C=CCCCC[Si](OC)(OC)OC.Cl.c1c[nH]cn1. The van der Waals surface area contributed by atoms with Gasteiger partial charge in [0, 0.05) is 39.8 Å². The molecule has 1 rings (SSSR count). The van der Waals surface area contributed by atoms with Crippen molar-refractivity contribution in [3.8, 4) is 0 Å². The van der Waals surface area contributed by atoms with E-state index < -0.39 is 8.80 Å². The van der Waals surface area contributed by atoms with Gasteiger partial charge in [-0.25, -0.2) is 4.98 Å². The topological polar surface area (TPSA) is 56.4 Å². The molecule has 0 aliphatic carbocycles. The highest BCUT2D eigenvalue weighted by Gasteiger charge is 2.36. The zero-order chi connectivity index (χ0) is 13.7. The first-order valence-electron chi connectivity index (χ1n) is 5.93. The van der Waals surface area contributed by atoms with Crippen LogP contribution in [0, 0.1) is 0 Å². The molecule has 7 heteroatoms. The van der Waals surface area contributed by atoms with Crippen molar-refractivity contribution in [2.75, 3.05) is 21.3 Å². The van der Waals surface area contributed by atoms with Crippen molar-refractivity contribution in [2.24, 2.45) is 0 Å². The quantitative estimate of drug-likeness (QED) is 0.455. The first-order chi connectivity index (χ1) is 8.74. The molecule has 0 bridgehead atoms. The lowest BCUT2D eigenvalue weighted by Crippen LogP contribution is -2.42. The Bertz CT molecular complexity index is 257. The third-order valence-electron chi connectivity index (χ3n) is 2.48. The van der Waals surface area contributed by atoms with E-state index in [0.717, 1.165) is 25.3 Å². The number of allylic oxidation sites excluding steroid dienone is 1. The number of hydrogen-bond acceptors (Lipinski definition) is 4. The lowest BCUT2D eigenvalue weighted by molar-refractivity contribution is 0.123. The predicted molar refractivity (Wildman–Crippen MR) is 81.5 cm³/mol. The average Bonchev–Trinajstić information content (AvgIpc) is 2.99. The molecule has 1 aromatic heterocycles. The maximum atomic E-state index is 5.29. The number of nitrogens with one attached hydrogen (secondary N) is 1. The van der Waals surface area contributed by atoms with E-state index in [1.165, 1.54) is 0 Å². The Morgan fingerprint density at radius 1 is 1.21 bits per heavy atom. The highest BCUT2D eigenvalue weighted by atomic mass is 35.5. The van der Waals surface area contributed by atoms with E-state index in [9.17, 15) is 0 Å². The molecule has 0 fully saturated rings. The number of nitrogens with zero attached hydrogens (tertiary/aromatic N) is 1. The molecule has 0 radical (unpaired) electrons. The largest absolute Gasteiger partial charge is 0.500 e. The van der Waals surface area contributed by atoms with Crippen molar-refractivity contribution < 1.29 is 13.3 Å². The summed E-state index contributed by atoms with van der Waals surface area (Å²) >= 11 is 0. The van der Waals surface area contributed by atoms with Crippen LogP contribution >= 0.6 is 12.4 Å².